The summed E-state index contributed by atoms with van der Waals surface area (Å²) in [5, 5.41) is 2.69. The molecule has 0 unspecified atom stereocenters. The molecule has 4 nitrogen and oxygen atoms in total. The summed E-state index contributed by atoms with van der Waals surface area (Å²) >= 11 is 0. The van der Waals surface area contributed by atoms with Gasteiger partial charge in [-0.25, -0.2) is 9.18 Å². The highest BCUT2D eigenvalue weighted by molar-refractivity contribution is 5.92. The maximum atomic E-state index is 12.8. The first-order valence-electron chi connectivity index (χ1n) is 6.84. The normalized spacial score (nSPS) is 11.5. The van der Waals surface area contributed by atoms with E-state index >= 15 is 0 Å². The monoisotopic (exact) mass is 301 g/mol. The lowest BCUT2D eigenvalue weighted by atomic mass is 10.2. The highest BCUT2D eigenvalue weighted by Gasteiger charge is 2.18. The van der Waals surface area contributed by atoms with Gasteiger partial charge in [0, 0.05) is 6.54 Å². The van der Waals surface area contributed by atoms with Crippen molar-refractivity contribution in [3.05, 3.63) is 71.5 Å². The van der Waals surface area contributed by atoms with Gasteiger partial charge in [0.1, 0.15) is 5.82 Å². The van der Waals surface area contributed by atoms with Crippen molar-refractivity contribution in [1.82, 2.24) is 5.32 Å². The molecule has 5 heteroatoms. The first kappa shape index (κ1) is 15.7. The number of halogens is 1. The van der Waals surface area contributed by atoms with Gasteiger partial charge in [0.15, 0.2) is 6.10 Å². The zero-order valence-electron chi connectivity index (χ0n) is 12.1. The molecule has 2 rings (SSSR count). The molecular weight excluding hydrogens is 285 g/mol. The van der Waals surface area contributed by atoms with Crippen molar-refractivity contribution in [2.75, 3.05) is 0 Å². The van der Waals surface area contributed by atoms with E-state index in [9.17, 15) is 14.0 Å². The van der Waals surface area contributed by atoms with Crippen molar-refractivity contribution in [3.8, 4) is 0 Å². The van der Waals surface area contributed by atoms with Gasteiger partial charge in [0.05, 0.1) is 5.56 Å². The fourth-order valence-corrected chi connectivity index (χ4v) is 1.80. The summed E-state index contributed by atoms with van der Waals surface area (Å²) in [6.45, 7) is 1.85. The van der Waals surface area contributed by atoms with Crippen molar-refractivity contribution in [2.45, 2.75) is 19.6 Å². The van der Waals surface area contributed by atoms with Crippen LogP contribution in [0.3, 0.4) is 0 Å². The van der Waals surface area contributed by atoms with E-state index in [-0.39, 0.29) is 11.5 Å². The maximum Gasteiger partial charge on any atom is 0.338 e. The van der Waals surface area contributed by atoms with Gasteiger partial charge in [-0.1, -0.05) is 30.3 Å². The van der Waals surface area contributed by atoms with Crippen LogP contribution in [-0.4, -0.2) is 18.0 Å². The number of hydrogen-bond acceptors (Lipinski definition) is 3. The minimum absolute atomic E-state index is 0.198. The molecule has 1 amide bonds. The Morgan fingerprint density at radius 3 is 2.36 bits per heavy atom. The van der Waals surface area contributed by atoms with Gasteiger partial charge in [-0.3, -0.25) is 4.79 Å². The van der Waals surface area contributed by atoms with Crippen molar-refractivity contribution in [1.29, 1.82) is 0 Å². The summed E-state index contributed by atoms with van der Waals surface area (Å²) in [6, 6.07) is 14.4. The molecule has 0 bridgehead atoms. The number of carbonyl (C=O) groups is 2. The number of rotatable bonds is 5. The number of carbonyl (C=O) groups excluding carboxylic acids is 2. The SMILES string of the molecule is C[C@@H](OC(=O)c1ccc(F)cc1)C(=O)NCc1ccccc1. The molecule has 0 radical (unpaired) electrons. The second-order valence-electron chi connectivity index (χ2n) is 4.76. The Hall–Kier alpha value is -2.69. The number of nitrogens with one attached hydrogen (secondary N) is 1. The third kappa shape index (κ3) is 4.41. The Labute approximate surface area is 127 Å². The average Bonchev–Trinajstić information content (AvgIpc) is 2.54. The lowest BCUT2D eigenvalue weighted by Gasteiger charge is -2.13. The first-order chi connectivity index (χ1) is 10.6. The zero-order valence-corrected chi connectivity index (χ0v) is 12.1. The molecule has 1 N–H and O–H groups in total. The molecule has 0 aromatic heterocycles. The minimum atomic E-state index is -0.929. The summed E-state index contributed by atoms with van der Waals surface area (Å²) in [5.74, 6) is -1.49. The highest BCUT2D eigenvalue weighted by Crippen LogP contribution is 2.06. The molecule has 0 aliphatic heterocycles. The molecule has 0 fully saturated rings. The predicted octanol–water partition coefficient (Wildman–Crippen LogP) is 2.69. The van der Waals surface area contributed by atoms with Crippen molar-refractivity contribution >= 4 is 11.9 Å². The molecule has 0 saturated heterocycles. The Morgan fingerprint density at radius 1 is 1.09 bits per heavy atom. The van der Waals surface area contributed by atoms with Gasteiger partial charge in [-0.2, -0.15) is 0 Å². The molecule has 0 aliphatic rings. The molecule has 0 heterocycles. The number of ether oxygens (including phenoxy) is 1. The van der Waals surface area contributed by atoms with Crippen LogP contribution in [0.5, 0.6) is 0 Å². The van der Waals surface area contributed by atoms with Crippen LogP contribution in [0.25, 0.3) is 0 Å². The van der Waals surface area contributed by atoms with Gasteiger partial charge in [0.25, 0.3) is 5.91 Å². The largest absolute Gasteiger partial charge is 0.449 e. The van der Waals surface area contributed by atoms with Crippen LogP contribution in [0.1, 0.15) is 22.8 Å². The van der Waals surface area contributed by atoms with E-state index in [1.807, 2.05) is 30.3 Å². The third-order valence-corrected chi connectivity index (χ3v) is 3.04. The van der Waals surface area contributed by atoms with Crippen molar-refractivity contribution in [3.63, 3.8) is 0 Å². The average molecular weight is 301 g/mol. The van der Waals surface area contributed by atoms with Crippen LogP contribution in [0.15, 0.2) is 54.6 Å². The Balaban J connectivity index is 1.85. The van der Waals surface area contributed by atoms with Crippen molar-refractivity contribution in [2.24, 2.45) is 0 Å². The Morgan fingerprint density at radius 2 is 1.73 bits per heavy atom. The summed E-state index contributed by atoms with van der Waals surface area (Å²) < 4.78 is 17.8. The van der Waals surface area contributed by atoms with Crippen LogP contribution in [0, 0.1) is 5.82 Å². The lowest BCUT2D eigenvalue weighted by molar-refractivity contribution is -0.129. The molecule has 22 heavy (non-hydrogen) atoms. The van der Waals surface area contributed by atoms with E-state index in [1.54, 1.807) is 0 Å². The smallest absolute Gasteiger partial charge is 0.338 e. The van der Waals surface area contributed by atoms with E-state index in [2.05, 4.69) is 5.32 Å². The van der Waals surface area contributed by atoms with Crippen LogP contribution < -0.4 is 5.32 Å². The summed E-state index contributed by atoms with van der Waals surface area (Å²) in [5.41, 5.74) is 1.15. The summed E-state index contributed by atoms with van der Waals surface area (Å²) in [7, 11) is 0. The fraction of sp³-hybridized carbons (Fsp3) is 0.176. The van der Waals surface area contributed by atoms with E-state index in [0.29, 0.717) is 6.54 Å². The molecule has 0 aliphatic carbocycles. The topological polar surface area (TPSA) is 55.4 Å². The summed E-state index contributed by atoms with van der Waals surface area (Å²) in [4.78, 5) is 23.7. The van der Waals surface area contributed by atoms with E-state index in [1.165, 1.54) is 19.1 Å². The molecule has 114 valence electrons. The molecule has 1 atom stereocenters. The molecular formula is C17H16FNO3. The Bertz CT molecular complexity index is 641. The minimum Gasteiger partial charge on any atom is -0.449 e. The number of benzene rings is 2. The van der Waals surface area contributed by atoms with E-state index < -0.39 is 17.9 Å². The molecule has 0 spiro atoms. The second kappa shape index (κ2) is 7.36. The fourth-order valence-electron chi connectivity index (χ4n) is 1.80. The molecule has 2 aromatic carbocycles. The van der Waals surface area contributed by atoms with Gasteiger partial charge < -0.3 is 10.1 Å². The standard InChI is InChI=1S/C17H16FNO3/c1-12(16(20)19-11-13-5-3-2-4-6-13)22-17(21)14-7-9-15(18)10-8-14/h2-10,12H,11H2,1H3,(H,19,20)/t12-/m1/s1. The van der Waals surface area contributed by atoms with Gasteiger partial charge in [-0.15, -0.1) is 0 Å². The van der Waals surface area contributed by atoms with Crippen LogP contribution >= 0.6 is 0 Å². The van der Waals surface area contributed by atoms with E-state index in [4.69, 9.17) is 4.74 Å². The second-order valence-corrected chi connectivity index (χ2v) is 4.76. The number of amides is 1. The van der Waals surface area contributed by atoms with Crippen LogP contribution in [0.2, 0.25) is 0 Å². The van der Waals surface area contributed by atoms with Crippen molar-refractivity contribution < 1.29 is 18.7 Å². The lowest BCUT2D eigenvalue weighted by Crippen LogP contribution is -2.35. The highest BCUT2D eigenvalue weighted by atomic mass is 19.1. The summed E-state index contributed by atoms with van der Waals surface area (Å²) in [6.07, 6.45) is -0.929. The molecule has 2 aromatic rings. The number of hydrogen-bond donors (Lipinski definition) is 1. The first-order valence-corrected chi connectivity index (χ1v) is 6.84. The van der Waals surface area contributed by atoms with Gasteiger partial charge in [0.2, 0.25) is 0 Å². The van der Waals surface area contributed by atoms with Crippen LogP contribution in [-0.2, 0) is 16.1 Å². The Kier molecular flexibility index (Phi) is 5.25. The van der Waals surface area contributed by atoms with Gasteiger partial charge in [-0.05, 0) is 36.8 Å². The predicted molar refractivity (Wildman–Crippen MR) is 79.6 cm³/mol. The van der Waals surface area contributed by atoms with Gasteiger partial charge >= 0.3 is 5.97 Å². The quantitative estimate of drug-likeness (QED) is 0.864. The number of esters is 1. The van der Waals surface area contributed by atoms with E-state index in [0.717, 1.165) is 17.7 Å². The zero-order chi connectivity index (χ0) is 15.9. The van der Waals surface area contributed by atoms with Crippen LogP contribution in [0.4, 0.5) is 4.39 Å². The maximum absolute atomic E-state index is 12.8. The third-order valence-electron chi connectivity index (χ3n) is 3.04. The molecule has 0 saturated carbocycles.